The lowest BCUT2D eigenvalue weighted by Gasteiger charge is -2.04. The molecule has 1 rings (SSSR count). The Morgan fingerprint density at radius 3 is 2.86 bits per heavy atom. The highest BCUT2D eigenvalue weighted by molar-refractivity contribution is 6.68. The van der Waals surface area contributed by atoms with Crippen molar-refractivity contribution >= 4 is 22.5 Å². The third-order valence-electron chi connectivity index (χ3n) is 1.56. The first-order chi connectivity index (χ1) is 6.69. The number of rotatable bonds is 3. The summed E-state index contributed by atoms with van der Waals surface area (Å²) in [5.41, 5.74) is 8.79. The lowest BCUT2D eigenvalue weighted by molar-refractivity contribution is 0.107. The molecule has 0 saturated heterocycles. The second-order valence-electron chi connectivity index (χ2n) is 2.35. The van der Waals surface area contributed by atoms with Crippen LogP contribution in [-0.2, 0) is 0 Å². The van der Waals surface area contributed by atoms with Gasteiger partial charge in [0, 0.05) is 10.6 Å². The van der Waals surface area contributed by atoms with Crippen LogP contribution < -0.4 is 4.74 Å². The average molecular weight is 212 g/mol. The van der Waals surface area contributed by atoms with E-state index in [1.165, 1.54) is 25.3 Å². The van der Waals surface area contributed by atoms with Gasteiger partial charge in [-0.1, -0.05) is 11.2 Å². The van der Waals surface area contributed by atoms with Gasteiger partial charge in [-0.05, 0) is 29.3 Å². The van der Waals surface area contributed by atoms with Gasteiger partial charge in [0.1, 0.15) is 5.75 Å². The number of halogens is 1. The van der Waals surface area contributed by atoms with E-state index in [1.807, 2.05) is 0 Å². The number of ether oxygens (including phenoxy) is 1. The minimum absolute atomic E-state index is 0.242. The minimum atomic E-state index is -0.616. The van der Waals surface area contributed by atoms with E-state index in [0.717, 1.165) is 0 Å². The Morgan fingerprint density at radius 2 is 2.36 bits per heavy atom. The Labute approximate surface area is 84.9 Å². The Bertz CT molecular complexity index is 413. The molecule has 6 heteroatoms. The lowest BCUT2D eigenvalue weighted by atomic mass is 10.2. The fraction of sp³-hybridized carbons (Fsp3) is 0.125. The fourth-order valence-electron chi connectivity index (χ4n) is 0.956. The molecule has 0 atom stereocenters. The molecule has 0 N–H and O–H groups in total. The Hall–Kier alpha value is -1.71. The van der Waals surface area contributed by atoms with E-state index in [1.54, 1.807) is 0 Å². The molecule has 0 aliphatic carbocycles. The second kappa shape index (κ2) is 4.50. The van der Waals surface area contributed by atoms with Crippen LogP contribution in [0.4, 0.5) is 5.69 Å². The van der Waals surface area contributed by atoms with Crippen molar-refractivity contribution in [3.63, 3.8) is 0 Å². The molecule has 0 aromatic heterocycles. The zero-order valence-electron chi connectivity index (χ0n) is 7.27. The average Bonchev–Trinajstić information content (AvgIpc) is 2.17. The smallest absolute Gasteiger partial charge is 0.256 e. The topological polar surface area (TPSA) is 75.1 Å². The van der Waals surface area contributed by atoms with Gasteiger partial charge >= 0.3 is 0 Å². The van der Waals surface area contributed by atoms with Gasteiger partial charge in [-0.2, -0.15) is 0 Å². The third kappa shape index (κ3) is 2.16. The van der Waals surface area contributed by atoms with Crippen LogP contribution in [0.25, 0.3) is 10.4 Å². The van der Waals surface area contributed by atoms with E-state index in [4.69, 9.17) is 21.9 Å². The number of carbonyl (C=O) groups is 1. The summed E-state index contributed by atoms with van der Waals surface area (Å²) >= 11 is 5.29. The van der Waals surface area contributed by atoms with E-state index in [-0.39, 0.29) is 11.3 Å². The molecule has 0 fully saturated rings. The molecule has 0 aliphatic heterocycles. The second-order valence-corrected chi connectivity index (χ2v) is 2.69. The van der Waals surface area contributed by atoms with Gasteiger partial charge < -0.3 is 4.74 Å². The van der Waals surface area contributed by atoms with E-state index >= 15 is 0 Å². The maximum Gasteiger partial charge on any atom is 0.256 e. The summed E-state index contributed by atoms with van der Waals surface area (Å²) in [7, 11) is 1.40. The first-order valence-electron chi connectivity index (χ1n) is 3.62. The van der Waals surface area contributed by atoms with Gasteiger partial charge in [0.2, 0.25) is 0 Å². The van der Waals surface area contributed by atoms with Crippen molar-refractivity contribution in [2.75, 3.05) is 7.11 Å². The van der Waals surface area contributed by atoms with Crippen LogP contribution in [0, 0.1) is 0 Å². The fourth-order valence-corrected chi connectivity index (χ4v) is 1.11. The van der Waals surface area contributed by atoms with Gasteiger partial charge in [-0.25, -0.2) is 0 Å². The number of azide groups is 1. The normalized spacial score (nSPS) is 9.00. The Morgan fingerprint density at radius 1 is 1.64 bits per heavy atom. The van der Waals surface area contributed by atoms with Crippen LogP contribution in [0.5, 0.6) is 5.75 Å². The van der Waals surface area contributed by atoms with Crippen LogP contribution in [0.2, 0.25) is 0 Å². The largest absolute Gasteiger partial charge is 0.496 e. The molecular formula is C8H6ClN3O2. The highest BCUT2D eigenvalue weighted by Crippen LogP contribution is 2.26. The zero-order valence-corrected chi connectivity index (χ0v) is 8.02. The van der Waals surface area contributed by atoms with Crippen molar-refractivity contribution in [1.29, 1.82) is 0 Å². The van der Waals surface area contributed by atoms with Crippen molar-refractivity contribution in [2.45, 2.75) is 0 Å². The number of hydrogen-bond acceptors (Lipinski definition) is 3. The predicted octanol–water partition coefficient (Wildman–Crippen LogP) is 3.02. The summed E-state index contributed by atoms with van der Waals surface area (Å²) in [6.07, 6.45) is 0. The maximum atomic E-state index is 10.9. The molecule has 0 aliphatic rings. The predicted molar refractivity (Wildman–Crippen MR) is 52.0 cm³/mol. The molecule has 0 spiro atoms. The van der Waals surface area contributed by atoms with Crippen molar-refractivity contribution in [2.24, 2.45) is 5.11 Å². The molecule has 0 radical (unpaired) electrons. The highest BCUT2D eigenvalue weighted by Gasteiger charge is 2.09. The summed E-state index contributed by atoms with van der Waals surface area (Å²) in [6, 6.07) is 4.37. The molecule has 14 heavy (non-hydrogen) atoms. The highest BCUT2D eigenvalue weighted by atomic mass is 35.5. The van der Waals surface area contributed by atoms with Crippen LogP contribution in [-0.4, -0.2) is 12.4 Å². The van der Waals surface area contributed by atoms with Crippen molar-refractivity contribution in [3.8, 4) is 5.75 Å². The van der Waals surface area contributed by atoms with E-state index in [9.17, 15) is 4.79 Å². The van der Waals surface area contributed by atoms with Crippen molar-refractivity contribution < 1.29 is 9.53 Å². The Kier molecular flexibility index (Phi) is 3.34. The molecule has 0 bridgehead atoms. The molecule has 0 heterocycles. The number of nitrogens with zero attached hydrogens (tertiary/aromatic N) is 3. The molecule has 0 amide bonds. The first-order valence-corrected chi connectivity index (χ1v) is 4.00. The summed E-state index contributed by atoms with van der Waals surface area (Å²) in [6.45, 7) is 0. The van der Waals surface area contributed by atoms with Crippen molar-refractivity contribution in [1.82, 2.24) is 0 Å². The zero-order chi connectivity index (χ0) is 10.6. The van der Waals surface area contributed by atoms with Gasteiger partial charge in [0.15, 0.2) is 0 Å². The van der Waals surface area contributed by atoms with E-state index < -0.39 is 5.24 Å². The number of hydrogen-bond donors (Lipinski definition) is 0. The number of carbonyl (C=O) groups excluding carboxylic acids is 1. The number of benzene rings is 1. The molecule has 1 aromatic carbocycles. The Balaban J connectivity index is 3.24. The monoisotopic (exact) mass is 211 g/mol. The first kappa shape index (κ1) is 10.4. The van der Waals surface area contributed by atoms with E-state index in [0.29, 0.717) is 5.69 Å². The quantitative estimate of drug-likeness (QED) is 0.334. The van der Waals surface area contributed by atoms with Crippen LogP contribution in [0.15, 0.2) is 23.3 Å². The molecular weight excluding hydrogens is 206 g/mol. The standard InChI is InChI=1S/C8H6ClN3O2/c1-14-7-4-5(11-12-10)2-3-6(7)8(9)13/h2-4H,1H3. The summed E-state index contributed by atoms with van der Waals surface area (Å²) in [5.74, 6) is 0.287. The van der Waals surface area contributed by atoms with Gasteiger partial charge in [0.25, 0.3) is 5.24 Å². The van der Waals surface area contributed by atoms with Crippen LogP contribution in [0.1, 0.15) is 10.4 Å². The third-order valence-corrected chi connectivity index (χ3v) is 1.76. The SMILES string of the molecule is COc1cc(N=[N+]=[N-])ccc1C(=O)Cl. The number of methoxy groups -OCH3 is 1. The maximum absolute atomic E-state index is 10.9. The van der Waals surface area contributed by atoms with Gasteiger partial charge in [0.05, 0.1) is 12.7 Å². The lowest BCUT2D eigenvalue weighted by Crippen LogP contribution is -1.94. The molecule has 1 aromatic rings. The molecule has 72 valence electrons. The van der Waals surface area contributed by atoms with Crippen molar-refractivity contribution in [3.05, 3.63) is 34.2 Å². The molecule has 0 unspecified atom stereocenters. The minimum Gasteiger partial charge on any atom is -0.496 e. The summed E-state index contributed by atoms with van der Waals surface area (Å²) < 4.78 is 4.91. The van der Waals surface area contributed by atoms with Gasteiger partial charge in [-0.3, -0.25) is 4.79 Å². The summed E-state index contributed by atoms with van der Waals surface area (Å²) in [5, 5.41) is 2.75. The van der Waals surface area contributed by atoms with Crippen LogP contribution in [0.3, 0.4) is 0 Å². The van der Waals surface area contributed by atoms with E-state index in [2.05, 4.69) is 10.0 Å². The molecule has 0 saturated carbocycles. The molecule has 5 nitrogen and oxygen atoms in total. The van der Waals surface area contributed by atoms with Crippen LogP contribution >= 0.6 is 11.6 Å². The van der Waals surface area contributed by atoms with Gasteiger partial charge in [-0.15, -0.1) is 0 Å². The summed E-state index contributed by atoms with van der Waals surface area (Å²) in [4.78, 5) is 13.5.